The van der Waals surface area contributed by atoms with E-state index >= 15 is 0 Å². The first kappa shape index (κ1) is 36.4. The largest absolute Gasteiger partial charge is 0.0622 e. The molecule has 0 spiro atoms. The van der Waals surface area contributed by atoms with Gasteiger partial charge in [0, 0.05) is 18.6 Å². The maximum atomic E-state index is 7.50. The first-order chi connectivity index (χ1) is 17.9. The van der Waals surface area contributed by atoms with Crippen LogP contribution in [0.2, 0.25) is 0 Å². The summed E-state index contributed by atoms with van der Waals surface area (Å²) in [6, 6.07) is 44.2. The molecule has 4 aromatic carbocycles. The Morgan fingerprint density at radius 3 is 0.676 bits per heavy atom. The van der Waals surface area contributed by atoms with Crippen molar-refractivity contribution >= 4 is 37.1 Å². The average molecular weight is 561 g/mol. The van der Waals surface area contributed by atoms with Crippen LogP contribution in [-0.4, -0.2) is 12.3 Å². The molecule has 4 aromatic rings. The molecule has 4 rings (SSSR count). The summed E-state index contributed by atoms with van der Waals surface area (Å²) in [4.78, 5) is 0. The van der Waals surface area contributed by atoms with Crippen LogP contribution in [0.25, 0.3) is 0 Å². The molecule has 4 nitrogen and oxygen atoms in total. The zero-order valence-corrected chi connectivity index (χ0v) is 23.1. The number of hydrogen-bond donors (Lipinski definition) is 0. The zero-order chi connectivity index (χ0) is 27.0. The second-order valence-corrected chi connectivity index (χ2v) is 11.3. The van der Waals surface area contributed by atoms with E-state index in [1.165, 1.54) is 33.5 Å². The molecule has 0 N–H and O–H groups in total. The predicted octanol–water partition coefficient (Wildman–Crippen LogP) is 5.10. The van der Waals surface area contributed by atoms with Crippen LogP contribution in [0.1, 0.15) is 0 Å². The van der Waals surface area contributed by atoms with E-state index in [9.17, 15) is 0 Å². The fourth-order valence-electron chi connectivity index (χ4n) is 3.45. The van der Waals surface area contributed by atoms with Gasteiger partial charge in [-0.25, -0.2) is 0 Å². The van der Waals surface area contributed by atoms with E-state index in [-0.39, 0.29) is 34.4 Å². The maximum Gasteiger partial charge on any atom is 0 e. The van der Waals surface area contributed by atoms with Gasteiger partial charge in [-0.2, -0.15) is 0 Å². The predicted molar refractivity (Wildman–Crippen MR) is 144 cm³/mol. The summed E-state index contributed by atoms with van der Waals surface area (Å²) in [5.74, 6) is 0. The average Bonchev–Trinajstić information content (AvgIpc) is 3.01. The van der Waals surface area contributed by atoms with Crippen molar-refractivity contribution in [1.82, 2.24) is 0 Å². The quantitative estimate of drug-likeness (QED) is 0.171. The molecule has 0 saturated heterocycles. The molecule has 0 unspecified atom stereocenters. The summed E-state index contributed by atoms with van der Waals surface area (Å²) in [5.41, 5.74) is 0. The molecule has 1 radical (unpaired) electrons. The minimum atomic E-state index is -0.348. The van der Waals surface area contributed by atoms with Crippen molar-refractivity contribution in [2.45, 2.75) is 0 Å². The fraction of sp³-hybridized carbons (Fsp3) is 0.0667. The van der Waals surface area contributed by atoms with Crippen LogP contribution in [0, 0.1) is 26.6 Å². The fourth-order valence-corrected chi connectivity index (χ4v) is 8.80. The van der Waals surface area contributed by atoms with Crippen LogP contribution in [-0.2, 0) is 37.2 Å². The van der Waals surface area contributed by atoms with E-state index in [0.29, 0.717) is 0 Å². The second kappa shape index (κ2) is 25.0. The van der Waals surface area contributed by atoms with Crippen molar-refractivity contribution in [3.63, 3.8) is 0 Å². The van der Waals surface area contributed by atoms with Gasteiger partial charge in [0.25, 0.3) is 0 Å². The van der Waals surface area contributed by atoms with Crippen LogP contribution >= 0.6 is 15.8 Å². The van der Waals surface area contributed by atoms with Crippen molar-refractivity contribution < 1.29 is 37.2 Å². The first-order valence-corrected chi connectivity index (χ1v) is 13.5. The molecule has 0 aliphatic rings. The number of hydrogen-bond acceptors (Lipinski definition) is 0. The van der Waals surface area contributed by atoms with Gasteiger partial charge < -0.3 is 0 Å². The van der Waals surface area contributed by atoms with Gasteiger partial charge in [0.1, 0.15) is 0 Å². The van der Waals surface area contributed by atoms with Gasteiger partial charge in [-0.05, 0) is 49.4 Å². The Bertz CT molecular complexity index is 964. The Labute approximate surface area is 233 Å². The number of rotatable bonds is 7. The summed E-state index contributed by atoms with van der Waals surface area (Å²) in [6.07, 6.45) is 2.41. The Morgan fingerprint density at radius 2 is 0.514 bits per heavy atom. The van der Waals surface area contributed by atoms with Crippen molar-refractivity contribution in [2.75, 3.05) is 12.3 Å². The third kappa shape index (κ3) is 12.9. The molecule has 183 valence electrons. The van der Waals surface area contributed by atoms with E-state index in [0.717, 1.165) is 0 Å². The van der Waals surface area contributed by atoms with E-state index < -0.39 is 0 Å². The van der Waals surface area contributed by atoms with Crippen molar-refractivity contribution in [3.8, 4) is 0 Å². The Hall–Kier alpha value is -2.72. The summed E-state index contributed by atoms with van der Waals surface area (Å²) in [5, 5.41) is 5.89. The monoisotopic (exact) mass is 561 g/mol. The van der Waals surface area contributed by atoms with E-state index in [4.69, 9.17) is 18.6 Å². The van der Waals surface area contributed by atoms with Crippen molar-refractivity contribution in [3.05, 3.63) is 148 Å². The van der Waals surface area contributed by atoms with Crippen LogP contribution in [0.4, 0.5) is 0 Å². The molecule has 37 heavy (non-hydrogen) atoms. The summed E-state index contributed by atoms with van der Waals surface area (Å²) >= 11 is 0. The van der Waals surface area contributed by atoms with Crippen LogP contribution in [0.5, 0.6) is 0 Å². The molecule has 0 fully saturated rings. The molecule has 0 aromatic heterocycles. The Morgan fingerprint density at radius 1 is 0.351 bits per heavy atom. The minimum Gasteiger partial charge on any atom is -0.0622 e. The summed E-state index contributed by atoms with van der Waals surface area (Å²) in [7, 11) is -0.696. The molecule has 7 heteroatoms. The van der Waals surface area contributed by atoms with Crippen LogP contribution in [0.3, 0.4) is 0 Å². The minimum absolute atomic E-state index is 0. The van der Waals surface area contributed by atoms with Gasteiger partial charge in [0.2, 0.25) is 0 Å². The van der Waals surface area contributed by atoms with Gasteiger partial charge in [-0.3, -0.25) is 0 Å². The zero-order valence-electron chi connectivity index (χ0n) is 19.9. The van der Waals surface area contributed by atoms with Crippen molar-refractivity contribution in [2.24, 2.45) is 0 Å². The van der Waals surface area contributed by atoms with E-state index in [2.05, 4.69) is 148 Å². The second-order valence-electron chi connectivity index (χ2n) is 6.65. The Balaban J connectivity index is 0. The first-order valence-electron chi connectivity index (χ1n) is 10.5. The normalized spacial score (nSPS) is 8.59. The molecule has 0 atom stereocenters. The third-order valence-electron chi connectivity index (χ3n) is 4.82. The molecule has 0 heterocycles. The summed E-state index contributed by atoms with van der Waals surface area (Å²) < 4.78 is 30.0. The van der Waals surface area contributed by atoms with Crippen molar-refractivity contribution in [1.29, 1.82) is 0 Å². The van der Waals surface area contributed by atoms with Crippen LogP contribution in [0.15, 0.2) is 121 Å². The molecular formula is C30H24O4P2V. The van der Waals surface area contributed by atoms with Crippen LogP contribution < -0.4 is 21.2 Å². The molecule has 0 aliphatic carbocycles. The maximum absolute atomic E-state index is 7.50. The van der Waals surface area contributed by atoms with E-state index in [1.807, 2.05) is 0 Å². The van der Waals surface area contributed by atoms with Gasteiger partial charge in [-0.15, -0.1) is 0 Å². The Kier molecular flexibility index (Phi) is 24.6. The topological polar surface area (TPSA) is 79.6 Å². The van der Waals surface area contributed by atoms with Gasteiger partial charge in [0.15, 0.2) is 0 Å². The van der Waals surface area contributed by atoms with E-state index in [1.54, 1.807) is 0 Å². The smallest absolute Gasteiger partial charge is 0 e. The molecule has 0 amide bonds. The molecule has 0 saturated carbocycles. The number of benzene rings is 4. The van der Waals surface area contributed by atoms with Gasteiger partial charge in [-0.1, -0.05) is 121 Å². The third-order valence-corrected chi connectivity index (χ3v) is 10.2. The van der Waals surface area contributed by atoms with Gasteiger partial charge in [0.05, 0.1) is 0 Å². The standard InChI is InChI=1S/C26H24P2.4CO.V/c1-5-13-23(14-6-1)27(24-15-7-2-8-16-24)21-22-28(25-17-9-3-10-18-25)26-19-11-4-12-20-26;4*1-2;/h1-20H,21-22H2;;;;;. The molecule has 0 bridgehead atoms. The summed E-state index contributed by atoms with van der Waals surface area (Å²) in [6.45, 7) is 18.0. The SMILES string of the molecule is [C-]#[O+].[C-]#[O+].[C-]#[O+].[C-]#[O+].[V].c1ccc(P(CCP(c2ccccc2)c2ccccc2)c2ccccc2)cc1. The molecule has 0 aliphatic heterocycles. The van der Waals surface area contributed by atoms with Gasteiger partial charge >= 0.3 is 45.2 Å². The molecular weight excluding hydrogens is 537 g/mol.